The summed E-state index contributed by atoms with van der Waals surface area (Å²) in [6.45, 7) is 0. The van der Waals surface area contributed by atoms with Crippen LogP contribution >= 0.6 is 0 Å². The van der Waals surface area contributed by atoms with E-state index in [1.165, 1.54) is 120 Å². The van der Waals surface area contributed by atoms with Gasteiger partial charge in [0.15, 0.2) is 0 Å². The summed E-state index contributed by atoms with van der Waals surface area (Å²) in [4.78, 5) is 2.45. The molecule has 72 heavy (non-hydrogen) atoms. The first-order valence-corrected chi connectivity index (χ1v) is 24.9. The standard InChI is InChI=1S/C70H44N2/c1-3-12-45(13-4-1)46-24-26-47(27-25-46)48-32-37-56(38-33-48)71(57-39-34-49(35-40-57)53-36-41-60-59-19-7-8-23-65(59)72(66(60)43-53)55-17-5-2-6-18-55)58-42-54-31-30-52-15-10-21-62-61-20-9-14-50-28-29-51-16-11-22-63(69(51)67(50)61)64(44-58)70(54)68(52)62/h1-44H. The van der Waals surface area contributed by atoms with Crippen LogP contribution in [0.15, 0.2) is 267 Å². The van der Waals surface area contributed by atoms with E-state index in [1.54, 1.807) is 0 Å². The van der Waals surface area contributed by atoms with E-state index in [0.717, 1.165) is 22.7 Å². The average molecular weight is 913 g/mol. The second kappa shape index (κ2) is 16.0. The largest absolute Gasteiger partial charge is 0.310 e. The minimum absolute atomic E-state index is 1.09. The van der Waals surface area contributed by atoms with Gasteiger partial charge in [0.25, 0.3) is 0 Å². The molecule has 0 bridgehead atoms. The lowest BCUT2D eigenvalue weighted by Crippen LogP contribution is -2.10. The smallest absolute Gasteiger partial charge is 0.0547 e. The first kappa shape index (κ1) is 40.4. The fraction of sp³-hybridized carbons (Fsp3) is 0. The van der Waals surface area contributed by atoms with Crippen LogP contribution in [0.3, 0.4) is 0 Å². The van der Waals surface area contributed by atoms with Gasteiger partial charge < -0.3 is 9.47 Å². The van der Waals surface area contributed by atoms with E-state index in [9.17, 15) is 0 Å². The van der Waals surface area contributed by atoms with Gasteiger partial charge in [-0.1, -0.05) is 206 Å². The summed E-state index contributed by atoms with van der Waals surface area (Å²) in [5.41, 5.74) is 14.0. The summed E-state index contributed by atoms with van der Waals surface area (Å²) in [6, 6.07) is 98.8. The molecule has 0 aliphatic rings. The number of benzene rings is 13. The van der Waals surface area contributed by atoms with Gasteiger partial charge in [-0.05, 0) is 159 Å². The van der Waals surface area contributed by atoms with Gasteiger partial charge in [0, 0.05) is 33.5 Å². The molecule has 0 fully saturated rings. The van der Waals surface area contributed by atoms with Crippen LogP contribution in [0, 0.1) is 0 Å². The summed E-state index contributed by atoms with van der Waals surface area (Å²) in [6.07, 6.45) is 0. The topological polar surface area (TPSA) is 8.17 Å². The summed E-state index contributed by atoms with van der Waals surface area (Å²) in [5, 5.41) is 17.8. The van der Waals surface area contributed by atoms with Crippen LogP contribution in [0.5, 0.6) is 0 Å². The quantitative estimate of drug-likeness (QED) is 0.145. The van der Waals surface area contributed by atoms with Crippen LogP contribution in [0.25, 0.3) is 126 Å². The third-order valence-electron chi connectivity index (χ3n) is 15.3. The maximum absolute atomic E-state index is 2.46. The molecule has 1 aromatic heterocycles. The van der Waals surface area contributed by atoms with Crippen molar-refractivity contribution in [1.29, 1.82) is 0 Å². The molecule has 1 heterocycles. The second-order valence-corrected chi connectivity index (χ2v) is 19.2. The first-order valence-electron chi connectivity index (χ1n) is 24.9. The Hall–Kier alpha value is -9.50. The zero-order chi connectivity index (χ0) is 47.3. The van der Waals surface area contributed by atoms with Crippen LogP contribution in [-0.2, 0) is 0 Å². The molecule has 15 rings (SSSR count). The highest BCUT2D eigenvalue weighted by atomic mass is 15.1. The molecule has 0 amide bonds. The van der Waals surface area contributed by atoms with Crippen molar-refractivity contribution in [3.8, 4) is 39.1 Å². The fourth-order valence-electron chi connectivity index (χ4n) is 11.9. The average Bonchev–Trinajstić information content (AvgIpc) is 3.78. The van der Waals surface area contributed by atoms with Crippen LogP contribution < -0.4 is 4.90 Å². The molecule has 0 N–H and O–H groups in total. The van der Waals surface area contributed by atoms with Crippen molar-refractivity contribution in [3.05, 3.63) is 267 Å². The summed E-state index contributed by atoms with van der Waals surface area (Å²) in [5.74, 6) is 0. The number of hydrogen-bond acceptors (Lipinski definition) is 1. The highest BCUT2D eigenvalue weighted by Gasteiger charge is 2.20. The molecule has 0 saturated carbocycles. The molecule has 0 atom stereocenters. The maximum atomic E-state index is 2.46. The van der Waals surface area contributed by atoms with E-state index in [-0.39, 0.29) is 0 Å². The van der Waals surface area contributed by atoms with Gasteiger partial charge in [0.1, 0.15) is 0 Å². The second-order valence-electron chi connectivity index (χ2n) is 19.2. The number of anilines is 3. The van der Waals surface area contributed by atoms with Crippen molar-refractivity contribution >= 4 is 104 Å². The first-order chi connectivity index (χ1) is 35.7. The van der Waals surface area contributed by atoms with Gasteiger partial charge in [0.2, 0.25) is 0 Å². The van der Waals surface area contributed by atoms with Crippen molar-refractivity contribution in [1.82, 2.24) is 4.57 Å². The van der Waals surface area contributed by atoms with Crippen molar-refractivity contribution < 1.29 is 0 Å². The van der Waals surface area contributed by atoms with E-state index in [0.29, 0.717) is 0 Å². The Balaban J connectivity index is 0.929. The molecular formula is C70H44N2. The Morgan fingerprint density at radius 3 is 1.22 bits per heavy atom. The third kappa shape index (κ3) is 6.29. The van der Waals surface area contributed by atoms with Gasteiger partial charge in [-0.15, -0.1) is 0 Å². The van der Waals surface area contributed by atoms with Crippen molar-refractivity contribution in [2.75, 3.05) is 4.90 Å². The van der Waals surface area contributed by atoms with Crippen LogP contribution in [0.4, 0.5) is 17.1 Å². The molecule has 2 heteroatoms. The lowest BCUT2D eigenvalue weighted by Gasteiger charge is -2.27. The van der Waals surface area contributed by atoms with Gasteiger partial charge in [-0.2, -0.15) is 0 Å². The van der Waals surface area contributed by atoms with Crippen molar-refractivity contribution in [3.63, 3.8) is 0 Å². The Kier molecular flexibility index (Phi) is 8.99. The Labute approximate surface area is 416 Å². The Bertz CT molecular complexity index is 4560. The number of hydrogen-bond donors (Lipinski definition) is 0. The molecule has 0 saturated heterocycles. The third-order valence-corrected chi connectivity index (χ3v) is 15.3. The minimum atomic E-state index is 1.09. The normalized spacial score (nSPS) is 11.9. The van der Waals surface area contributed by atoms with Crippen molar-refractivity contribution in [2.45, 2.75) is 0 Å². The molecular weight excluding hydrogens is 869 g/mol. The molecule has 0 radical (unpaired) electrons. The molecule has 0 spiro atoms. The van der Waals surface area contributed by atoms with Gasteiger partial charge >= 0.3 is 0 Å². The van der Waals surface area contributed by atoms with E-state index >= 15 is 0 Å². The number of para-hydroxylation sites is 2. The van der Waals surface area contributed by atoms with E-state index in [1.807, 2.05) is 0 Å². The lowest BCUT2D eigenvalue weighted by molar-refractivity contribution is 1.18. The lowest BCUT2D eigenvalue weighted by atomic mass is 9.87. The van der Waals surface area contributed by atoms with Gasteiger partial charge in [-0.25, -0.2) is 0 Å². The number of aromatic nitrogens is 1. The van der Waals surface area contributed by atoms with Crippen LogP contribution in [0.1, 0.15) is 0 Å². The highest BCUT2D eigenvalue weighted by Crippen LogP contribution is 2.47. The number of fused-ring (bicyclic) bond motifs is 5. The monoisotopic (exact) mass is 912 g/mol. The number of rotatable bonds is 7. The Morgan fingerprint density at radius 1 is 0.222 bits per heavy atom. The minimum Gasteiger partial charge on any atom is -0.310 e. The van der Waals surface area contributed by atoms with E-state index < -0.39 is 0 Å². The molecule has 15 aromatic rings. The van der Waals surface area contributed by atoms with Gasteiger partial charge in [0.05, 0.1) is 11.0 Å². The van der Waals surface area contributed by atoms with Gasteiger partial charge in [-0.3, -0.25) is 0 Å². The maximum Gasteiger partial charge on any atom is 0.0547 e. The molecule has 0 aliphatic carbocycles. The van der Waals surface area contributed by atoms with E-state index in [4.69, 9.17) is 0 Å². The zero-order valence-electron chi connectivity index (χ0n) is 39.3. The molecule has 14 aromatic carbocycles. The predicted octanol–water partition coefficient (Wildman–Crippen LogP) is 19.6. The molecule has 0 unspecified atom stereocenters. The summed E-state index contributed by atoms with van der Waals surface area (Å²) >= 11 is 0. The summed E-state index contributed by atoms with van der Waals surface area (Å²) in [7, 11) is 0. The molecule has 0 aliphatic heterocycles. The summed E-state index contributed by atoms with van der Waals surface area (Å²) < 4.78 is 2.40. The SMILES string of the molecule is c1ccc(-c2ccc(-c3ccc(N(c4ccc(-c5ccc6c7ccccc7n(-c7ccccc7)c6c5)cc4)c4cc5ccc6cccc7c8cccc9ccc%10cccc(c(c4)c5c67)c%10c98)cc3)cc2)cc1. The Morgan fingerprint density at radius 2 is 0.639 bits per heavy atom. The number of nitrogens with zero attached hydrogens (tertiary/aromatic N) is 2. The van der Waals surface area contributed by atoms with E-state index in [2.05, 4.69) is 276 Å². The molecule has 334 valence electrons. The predicted molar refractivity (Wildman–Crippen MR) is 308 cm³/mol. The highest BCUT2D eigenvalue weighted by molar-refractivity contribution is 6.37. The fourth-order valence-corrected chi connectivity index (χ4v) is 11.9. The molecule has 2 nitrogen and oxygen atoms in total. The van der Waals surface area contributed by atoms with Crippen LogP contribution in [-0.4, -0.2) is 4.57 Å². The van der Waals surface area contributed by atoms with Crippen molar-refractivity contribution in [2.24, 2.45) is 0 Å². The zero-order valence-corrected chi connectivity index (χ0v) is 39.3. The van der Waals surface area contributed by atoms with Crippen LogP contribution in [0.2, 0.25) is 0 Å².